The number of methoxy groups -OCH3 is 2. The van der Waals surface area contributed by atoms with E-state index in [9.17, 15) is 9.90 Å². The molecule has 1 aliphatic carbocycles. The molecular formula is C21H25NO4. The van der Waals surface area contributed by atoms with Crippen LogP contribution in [0.1, 0.15) is 30.4 Å². The Labute approximate surface area is 153 Å². The molecule has 2 N–H and O–H groups in total. The molecular weight excluding hydrogens is 330 g/mol. The number of carbonyl (C=O) groups is 1. The number of carbonyl (C=O) groups excluding carboxylic acids is 1. The molecule has 1 fully saturated rings. The van der Waals surface area contributed by atoms with Crippen molar-refractivity contribution in [3.05, 3.63) is 59.7 Å². The second-order valence-corrected chi connectivity index (χ2v) is 6.91. The molecule has 0 bridgehead atoms. The molecule has 1 amide bonds. The van der Waals surface area contributed by atoms with Crippen LogP contribution in [0.3, 0.4) is 0 Å². The van der Waals surface area contributed by atoms with Crippen LogP contribution in [0.2, 0.25) is 0 Å². The number of hydrogen-bond acceptors (Lipinski definition) is 4. The van der Waals surface area contributed by atoms with Gasteiger partial charge in [-0.05, 0) is 37.1 Å². The summed E-state index contributed by atoms with van der Waals surface area (Å²) in [5, 5.41) is 13.5. The van der Waals surface area contributed by atoms with Crippen LogP contribution in [0.15, 0.2) is 48.5 Å². The summed E-state index contributed by atoms with van der Waals surface area (Å²) in [6.07, 6.45) is 0.767. The van der Waals surface area contributed by atoms with Crippen molar-refractivity contribution in [1.82, 2.24) is 5.32 Å². The third kappa shape index (κ3) is 3.83. The van der Waals surface area contributed by atoms with Crippen LogP contribution in [0, 0.1) is 5.92 Å². The standard InChI is InChI=1S/C21H25NO4/c1-21(24,14-7-5-4-6-8-14)13-22-20(23)18-12-16(18)17-11-15(25-2)9-10-19(17)26-3/h4-11,16,18,24H,12-13H2,1-3H3,(H,22,23)/t16-,18+,21?/m0/s1. The molecule has 26 heavy (non-hydrogen) atoms. The highest BCUT2D eigenvalue weighted by molar-refractivity contribution is 5.83. The lowest BCUT2D eigenvalue weighted by atomic mass is 9.96. The second-order valence-electron chi connectivity index (χ2n) is 6.91. The number of nitrogens with one attached hydrogen (secondary N) is 1. The number of amides is 1. The van der Waals surface area contributed by atoms with Gasteiger partial charge in [0.15, 0.2) is 0 Å². The molecule has 2 aromatic rings. The minimum atomic E-state index is -1.10. The zero-order valence-electron chi connectivity index (χ0n) is 15.4. The maximum absolute atomic E-state index is 12.5. The van der Waals surface area contributed by atoms with E-state index in [2.05, 4.69) is 5.32 Å². The van der Waals surface area contributed by atoms with Gasteiger partial charge in [-0.25, -0.2) is 0 Å². The molecule has 1 saturated carbocycles. The number of ether oxygens (including phenoxy) is 2. The molecule has 3 rings (SSSR count). The van der Waals surface area contributed by atoms with Crippen molar-refractivity contribution in [2.45, 2.75) is 24.9 Å². The van der Waals surface area contributed by atoms with E-state index in [1.165, 1.54) is 0 Å². The smallest absolute Gasteiger partial charge is 0.223 e. The molecule has 1 unspecified atom stereocenters. The zero-order valence-corrected chi connectivity index (χ0v) is 15.4. The van der Waals surface area contributed by atoms with E-state index < -0.39 is 5.60 Å². The highest BCUT2D eigenvalue weighted by Crippen LogP contribution is 2.51. The van der Waals surface area contributed by atoms with Crippen molar-refractivity contribution in [2.75, 3.05) is 20.8 Å². The van der Waals surface area contributed by atoms with Gasteiger partial charge in [-0.1, -0.05) is 30.3 Å². The summed E-state index contributed by atoms with van der Waals surface area (Å²) in [6, 6.07) is 15.0. The van der Waals surface area contributed by atoms with Crippen LogP contribution in [-0.2, 0) is 10.4 Å². The third-order valence-corrected chi connectivity index (χ3v) is 4.97. The first-order valence-electron chi connectivity index (χ1n) is 8.74. The number of hydrogen-bond donors (Lipinski definition) is 2. The van der Waals surface area contributed by atoms with Crippen molar-refractivity contribution in [3.63, 3.8) is 0 Å². The molecule has 138 valence electrons. The Morgan fingerprint density at radius 3 is 2.58 bits per heavy atom. The molecule has 5 heteroatoms. The number of rotatable bonds is 7. The Bertz CT molecular complexity index is 773. The number of aliphatic hydroxyl groups is 1. The Morgan fingerprint density at radius 2 is 1.92 bits per heavy atom. The number of benzene rings is 2. The highest BCUT2D eigenvalue weighted by atomic mass is 16.5. The van der Waals surface area contributed by atoms with Crippen molar-refractivity contribution >= 4 is 5.91 Å². The van der Waals surface area contributed by atoms with Gasteiger partial charge in [0.1, 0.15) is 17.1 Å². The molecule has 0 aliphatic heterocycles. The summed E-state index contributed by atoms with van der Waals surface area (Å²) in [5.74, 6) is 1.47. The fourth-order valence-corrected chi connectivity index (χ4v) is 3.25. The van der Waals surface area contributed by atoms with Gasteiger partial charge in [0, 0.05) is 17.4 Å². The van der Waals surface area contributed by atoms with Crippen LogP contribution < -0.4 is 14.8 Å². The van der Waals surface area contributed by atoms with E-state index in [-0.39, 0.29) is 24.3 Å². The first-order chi connectivity index (χ1) is 12.5. The minimum Gasteiger partial charge on any atom is -0.497 e. The normalized spacial score (nSPS) is 20.8. The molecule has 5 nitrogen and oxygen atoms in total. The lowest BCUT2D eigenvalue weighted by Gasteiger charge is -2.24. The van der Waals surface area contributed by atoms with Gasteiger partial charge in [-0.2, -0.15) is 0 Å². The zero-order chi connectivity index (χ0) is 18.7. The lowest BCUT2D eigenvalue weighted by molar-refractivity contribution is -0.123. The van der Waals surface area contributed by atoms with Crippen LogP contribution in [-0.4, -0.2) is 31.8 Å². The summed E-state index contributed by atoms with van der Waals surface area (Å²) < 4.78 is 10.7. The Morgan fingerprint density at radius 1 is 1.19 bits per heavy atom. The summed E-state index contributed by atoms with van der Waals surface area (Å²) in [6.45, 7) is 1.88. The van der Waals surface area contributed by atoms with Crippen molar-refractivity contribution in [1.29, 1.82) is 0 Å². The van der Waals surface area contributed by atoms with Gasteiger partial charge >= 0.3 is 0 Å². The van der Waals surface area contributed by atoms with Gasteiger partial charge in [0.05, 0.1) is 20.8 Å². The molecule has 0 aromatic heterocycles. The molecule has 0 heterocycles. The molecule has 2 aromatic carbocycles. The molecule has 0 radical (unpaired) electrons. The lowest BCUT2D eigenvalue weighted by Crippen LogP contribution is -2.39. The van der Waals surface area contributed by atoms with Gasteiger partial charge in [-0.3, -0.25) is 4.79 Å². The summed E-state index contributed by atoms with van der Waals surface area (Å²) >= 11 is 0. The van der Waals surface area contributed by atoms with E-state index >= 15 is 0 Å². The van der Waals surface area contributed by atoms with Crippen LogP contribution >= 0.6 is 0 Å². The average Bonchev–Trinajstić information content (AvgIpc) is 3.47. The van der Waals surface area contributed by atoms with Crippen molar-refractivity contribution < 1.29 is 19.4 Å². The molecule has 0 spiro atoms. The first-order valence-corrected chi connectivity index (χ1v) is 8.74. The minimum absolute atomic E-state index is 0.0453. The molecule has 1 aliphatic rings. The van der Waals surface area contributed by atoms with Crippen molar-refractivity contribution in [3.8, 4) is 11.5 Å². The fraction of sp³-hybridized carbons (Fsp3) is 0.381. The predicted molar refractivity (Wildman–Crippen MR) is 99.4 cm³/mol. The second kappa shape index (κ2) is 7.38. The topological polar surface area (TPSA) is 67.8 Å². The van der Waals surface area contributed by atoms with E-state index in [0.717, 1.165) is 29.0 Å². The van der Waals surface area contributed by atoms with Crippen LogP contribution in [0.25, 0.3) is 0 Å². The molecule has 0 saturated heterocycles. The van der Waals surface area contributed by atoms with Gasteiger partial charge < -0.3 is 19.9 Å². The van der Waals surface area contributed by atoms with E-state index in [4.69, 9.17) is 9.47 Å². The fourth-order valence-electron chi connectivity index (χ4n) is 3.25. The largest absolute Gasteiger partial charge is 0.497 e. The van der Waals surface area contributed by atoms with Crippen LogP contribution in [0.4, 0.5) is 0 Å². The van der Waals surface area contributed by atoms with Crippen molar-refractivity contribution in [2.24, 2.45) is 5.92 Å². The quantitative estimate of drug-likeness (QED) is 0.801. The predicted octanol–water partition coefficient (Wildman–Crippen LogP) is 2.83. The highest BCUT2D eigenvalue weighted by Gasteiger charge is 2.45. The maximum atomic E-state index is 12.5. The summed E-state index contributed by atoms with van der Waals surface area (Å²) in [7, 11) is 3.24. The maximum Gasteiger partial charge on any atom is 0.223 e. The van der Waals surface area contributed by atoms with Gasteiger partial charge in [0.2, 0.25) is 5.91 Å². The SMILES string of the molecule is COc1ccc(OC)c([C@@H]2C[C@H]2C(=O)NCC(C)(O)c2ccccc2)c1. The Balaban J connectivity index is 1.63. The Hall–Kier alpha value is -2.53. The Kier molecular flexibility index (Phi) is 5.18. The van der Waals surface area contributed by atoms with Crippen LogP contribution in [0.5, 0.6) is 11.5 Å². The van der Waals surface area contributed by atoms with Gasteiger partial charge in [-0.15, -0.1) is 0 Å². The van der Waals surface area contributed by atoms with E-state index in [1.54, 1.807) is 21.1 Å². The summed E-state index contributed by atoms with van der Waals surface area (Å²) in [4.78, 5) is 12.5. The van der Waals surface area contributed by atoms with E-state index in [0.29, 0.717) is 0 Å². The third-order valence-electron chi connectivity index (χ3n) is 4.97. The first kappa shape index (κ1) is 18.3. The van der Waals surface area contributed by atoms with E-state index in [1.807, 2.05) is 48.5 Å². The molecule has 3 atom stereocenters. The average molecular weight is 355 g/mol. The van der Waals surface area contributed by atoms with Gasteiger partial charge in [0.25, 0.3) is 0 Å². The summed E-state index contributed by atoms with van der Waals surface area (Å²) in [5.41, 5.74) is 0.665. The monoisotopic (exact) mass is 355 g/mol.